The maximum atomic E-state index is 13.6. The quantitative estimate of drug-likeness (QED) is 0.870. The third-order valence-electron chi connectivity index (χ3n) is 2.38. The van der Waals surface area contributed by atoms with E-state index in [1.165, 1.54) is 6.07 Å². The van der Waals surface area contributed by atoms with Gasteiger partial charge in [0.1, 0.15) is 11.6 Å². The number of hydrogen-bond donors (Lipinski definition) is 2. The van der Waals surface area contributed by atoms with Gasteiger partial charge >= 0.3 is 0 Å². The van der Waals surface area contributed by atoms with Crippen LogP contribution in [-0.2, 0) is 0 Å². The maximum absolute atomic E-state index is 13.6. The van der Waals surface area contributed by atoms with E-state index in [1.54, 1.807) is 24.5 Å². The molecular formula is C13H15FN4. The fraction of sp³-hybridized carbons (Fsp3) is 0.231. The summed E-state index contributed by atoms with van der Waals surface area (Å²) in [6, 6.07) is 4.89. The van der Waals surface area contributed by atoms with E-state index in [2.05, 4.69) is 20.6 Å². The zero-order valence-corrected chi connectivity index (χ0v) is 10.4. The van der Waals surface area contributed by atoms with Crippen LogP contribution >= 0.6 is 0 Å². The number of halogens is 1. The second-order valence-corrected chi connectivity index (χ2v) is 3.93. The number of hydrogen-bond acceptors (Lipinski definition) is 4. The monoisotopic (exact) mass is 246 g/mol. The molecule has 0 fully saturated rings. The molecule has 0 saturated carbocycles. The fourth-order valence-electron chi connectivity index (χ4n) is 1.57. The molecule has 18 heavy (non-hydrogen) atoms. The van der Waals surface area contributed by atoms with Crippen LogP contribution in [0.3, 0.4) is 0 Å². The number of aryl methyl sites for hydroxylation is 1. The molecule has 1 heterocycles. The van der Waals surface area contributed by atoms with E-state index in [1.807, 2.05) is 13.8 Å². The summed E-state index contributed by atoms with van der Waals surface area (Å²) < 4.78 is 13.6. The Morgan fingerprint density at radius 2 is 2.00 bits per heavy atom. The lowest BCUT2D eigenvalue weighted by Gasteiger charge is -2.09. The average molecular weight is 246 g/mol. The summed E-state index contributed by atoms with van der Waals surface area (Å²) in [5, 5.41) is 5.98. The predicted octanol–water partition coefficient (Wildman–Crippen LogP) is 3.10. The second-order valence-electron chi connectivity index (χ2n) is 3.93. The summed E-state index contributed by atoms with van der Waals surface area (Å²) in [5.74, 6) is 0.866. The smallest absolute Gasteiger partial charge is 0.151 e. The zero-order valence-electron chi connectivity index (χ0n) is 10.4. The van der Waals surface area contributed by atoms with Crippen molar-refractivity contribution in [3.05, 3.63) is 42.0 Å². The van der Waals surface area contributed by atoms with Crippen molar-refractivity contribution in [2.24, 2.45) is 0 Å². The minimum Gasteiger partial charge on any atom is -0.369 e. The van der Waals surface area contributed by atoms with E-state index in [-0.39, 0.29) is 5.82 Å². The van der Waals surface area contributed by atoms with Gasteiger partial charge in [0.15, 0.2) is 5.82 Å². The Hall–Kier alpha value is -2.17. The molecule has 0 aliphatic carbocycles. The average Bonchev–Trinajstić information content (AvgIpc) is 2.35. The first-order chi connectivity index (χ1) is 8.69. The molecule has 0 aliphatic rings. The normalized spacial score (nSPS) is 10.2. The molecule has 1 aromatic carbocycles. The second kappa shape index (κ2) is 5.44. The minimum atomic E-state index is -0.309. The van der Waals surface area contributed by atoms with Gasteiger partial charge in [-0.15, -0.1) is 0 Å². The van der Waals surface area contributed by atoms with Crippen molar-refractivity contribution < 1.29 is 4.39 Å². The molecule has 4 nitrogen and oxygen atoms in total. The number of aromatic nitrogens is 2. The van der Waals surface area contributed by atoms with Gasteiger partial charge in [0.2, 0.25) is 0 Å². The highest BCUT2D eigenvalue weighted by Crippen LogP contribution is 2.20. The van der Waals surface area contributed by atoms with Crippen LogP contribution in [0.15, 0.2) is 30.6 Å². The number of anilines is 3. The van der Waals surface area contributed by atoms with Gasteiger partial charge in [0, 0.05) is 6.54 Å². The topological polar surface area (TPSA) is 49.8 Å². The Bertz CT molecular complexity index is 542. The van der Waals surface area contributed by atoms with Crippen LogP contribution in [0.1, 0.15) is 12.5 Å². The Balaban J connectivity index is 2.22. The van der Waals surface area contributed by atoms with Crippen molar-refractivity contribution >= 4 is 17.3 Å². The highest BCUT2D eigenvalue weighted by molar-refractivity contribution is 5.58. The largest absolute Gasteiger partial charge is 0.369 e. The van der Waals surface area contributed by atoms with Gasteiger partial charge < -0.3 is 10.6 Å². The standard InChI is InChI=1S/C13H15FN4/c1-3-16-12-7-15-8-13(18-12)17-11-6-9(2)4-5-10(11)14/h4-8H,3H2,1-2H3,(H2,16,17,18). The summed E-state index contributed by atoms with van der Waals surface area (Å²) in [4.78, 5) is 8.32. The van der Waals surface area contributed by atoms with Gasteiger partial charge in [0.25, 0.3) is 0 Å². The van der Waals surface area contributed by atoms with Crippen molar-refractivity contribution in [3.63, 3.8) is 0 Å². The van der Waals surface area contributed by atoms with E-state index in [0.717, 1.165) is 12.1 Å². The SMILES string of the molecule is CCNc1cncc(Nc2cc(C)ccc2F)n1. The van der Waals surface area contributed by atoms with E-state index >= 15 is 0 Å². The number of nitrogens with zero attached hydrogens (tertiary/aromatic N) is 2. The van der Waals surface area contributed by atoms with Gasteiger partial charge in [-0.3, -0.25) is 4.98 Å². The van der Waals surface area contributed by atoms with Crippen LogP contribution in [0.4, 0.5) is 21.7 Å². The summed E-state index contributed by atoms with van der Waals surface area (Å²) in [6.07, 6.45) is 3.18. The van der Waals surface area contributed by atoms with Crippen LogP contribution in [-0.4, -0.2) is 16.5 Å². The van der Waals surface area contributed by atoms with E-state index < -0.39 is 0 Å². The Labute approximate surface area is 105 Å². The lowest BCUT2D eigenvalue weighted by atomic mass is 10.2. The number of nitrogens with one attached hydrogen (secondary N) is 2. The van der Waals surface area contributed by atoms with E-state index in [4.69, 9.17) is 0 Å². The van der Waals surface area contributed by atoms with Crippen LogP contribution in [0.5, 0.6) is 0 Å². The van der Waals surface area contributed by atoms with Crippen LogP contribution < -0.4 is 10.6 Å². The molecule has 94 valence electrons. The Kier molecular flexibility index (Phi) is 3.72. The van der Waals surface area contributed by atoms with Gasteiger partial charge in [-0.05, 0) is 31.5 Å². The third kappa shape index (κ3) is 2.94. The van der Waals surface area contributed by atoms with Crippen molar-refractivity contribution in [1.29, 1.82) is 0 Å². The maximum Gasteiger partial charge on any atom is 0.151 e. The summed E-state index contributed by atoms with van der Waals surface area (Å²) in [7, 11) is 0. The highest BCUT2D eigenvalue weighted by Gasteiger charge is 2.04. The first-order valence-electron chi connectivity index (χ1n) is 5.78. The fourth-order valence-corrected chi connectivity index (χ4v) is 1.57. The lowest BCUT2D eigenvalue weighted by molar-refractivity contribution is 0.631. The molecule has 2 aromatic rings. The predicted molar refractivity (Wildman–Crippen MR) is 70.6 cm³/mol. The molecule has 2 N–H and O–H groups in total. The summed E-state index contributed by atoms with van der Waals surface area (Å²) >= 11 is 0. The van der Waals surface area contributed by atoms with Gasteiger partial charge in [-0.2, -0.15) is 0 Å². The van der Waals surface area contributed by atoms with Crippen molar-refractivity contribution in [2.45, 2.75) is 13.8 Å². The van der Waals surface area contributed by atoms with Crippen LogP contribution in [0.2, 0.25) is 0 Å². The zero-order chi connectivity index (χ0) is 13.0. The molecule has 1 aromatic heterocycles. The first kappa shape index (κ1) is 12.3. The van der Waals surface area contributed by atoms with E-state index in [0.29, 0.717) is 17.3 Å². The molecule has 0 atom stereocenters. The number of benzene rings is 1. The first-order valence-corrected chi connectivity index (χ1v) is 5.78. The molecule has 0 spiro atoms. The van der Waals surface area contributed by atoms with Crippen molar-refractivity contribution in [3.8, 4) is 0 Å². The van der Waals surface area contributed by atoms with Gasteiger partial charge in [-0.1, -0.05) is 6.07 Å². The van der Waals surface area contributed by atoms with Gasteiger partial charge in [0.05, 0.1) is 18.1 Å². The molecule has 2 rings (SSSR count). The molecule has 0 saturated heterocycles. The molecule has 0 unspecified atom stereocenters. The van der Waals surface area contributed by atoms with Gasteiger partial charge in [-0.25, -0.2) is 9.37 Å². The highest BCUT2D eigenvalue weighted by atomic mass is 19.1. The van der Waals surface area contributed by atoms with Crippen molar-refractivity contribution in [1.82, 2.24) is 9.97 Å². The van der Waals surface area contributed by atoms with Crippen molar-refractivity contribution in [2.75, 3.05) is 17.2 Å². The minimum absolute atomic E-state index is 0.309. The lowest BCUT2D eigenvalue weighted by Crippen LogP contribution is -2.03. The Morgan fingerprint density at radius 1 is 1.22 bits per heavy atom. The Morgan fingerprint density at radius 3 is 2.78 bits per heavy atom. The molecule has 5 heteroatoms. The molecule has 0 aliphatic heterocycles. The van der Waals surface area contributed by atoms with Crippen LogP contribution in [0, 0.1) is 12.7 Å². The van der Waals surface area contributed by atoms with Crippen LogP contribution in [0.25, 0.3) is 0 Å². The molecule has 0 radical (unpaired) electrons. The molecular weight excluding hydrogens is 231 g/mol. The number of rotatable bonds is 4. The summed E-state index contributed by atoms with van der Waals surface area (Å²) in [5.41, 5.74) is 1.38. The molecule has 0 amide bonds. The van der Waals surface area contributed by atoms with E-state index in [9.17, 15) is 4.39 Å². The molecule has 0 bridgehead atoms. The summed E-state index contributed by atoms with van der Waals surface area (Å²) in [6.45, 7) is 4.64. The third-order valence-corrected chi connectivity index (χ3v) is 2.38.